The summed E-state index contributed by atoms with van der Waals surface area (Å²) in [7, 11) is 0. The van der Waals surface area contributed by atoms with Crippen molar-refractivity contribution in [3.8, 4) is 17.0 Å². The van der Waals surface area contributed by atoms with Gasteiger partial charge in [0, 0.05) is 39.3 Å². The number of amides is 1. The largest absolute Gasteiger partial charge is 0.488 e. The molecule has 5 rings (SSSR count). The second kappa shape index (κ2) is 13.6. The molecule has 210 valence electrons. The minimum absolute atomic E-state index is 0.0367. The number of ether oxygens (including phenoxy) is 1. The third-order valence-corrected chi connectivity index (χ3v) is 7.77. The van der Waals surface area contributed by atoms with Gasteiger partial charge in [0.2, 0.25) is 0 Å². The molecule has 0 aliphatic rings. The van der Waals surface area contributed by atoms with Crippen molar-refractivity contribution in [3.05, 3.63) is 132 Å². The van der Waals surface area contributed by atoms with Crippen molar-refractivity contribution in [2.24, 2.45) is 5.10 Å². The Hall–Kier alpha value is -4.33. The number of halogens is 2. The number of hydrogen-bond acceptors (Lipinski definition) is 8. The summed E-state index contributed by atoms with van der Waals surface area (Å²) in [5, 5.41) is 21.5. The molecule has 12 heteroatoms. The van der Waals surface area contributed by atoms with Crippen LogP contribution in [0.25, 0.3) is 11.3 Å². The van der Waals surface area contributed by atoms with Crippen LogP contribution in [0.15, 0.2) is 101 Å². The number of nitrogens with one attached hydrogen (secondary N) is 2. The van der Waals surface area contributed by atoms with Gasteiger partial charge in [0.25, 0.3) is 11.6 Å². The first kappa shape index (κ1) is 29.2. The fourth-order valence-corrected chi connectivity index (χ4v) is 5.29. The standard InChI is InChI=1S/C30H21ClIN5O4S/c31-23-8-10-24(11-9-23)34-30-35-27(18-42-30)21-4-6-22(7-5-21)29(38)36-33-16-20-3-14-28(26(32)15-20)41-17-19-1-12-25(13-2-19)37(39)40/h1-16,18H,17H2,(H,34,35)(H,36,38)/b33-16-. The van der Waals surface area contributed by atoms with E-state index in [1.54, 1.807) is 30.5 Å². The lowest BCUT2D eigenvalue weighted by atomic mass is 10.1. The average Bonchev–Trinajstić information content (AvgIpc) is 3.46. The fourth-order valence-electron chi connectivity index (χ4n) is 3.73. The molecule has 0 saturated carbocycles. The highest BCUT2D eigenvalue weighted by Gasteiger charge is 2.09. The minimum Gasteiger partial charge on any atom is -0.488 e. The van der Waals surface area contributed by atoms with Crippen LogP contribution in [0.3, 0.4) is 0 Å². The van der Waals surface area contributed by atoms with Crippen LogP contribution in [-0.4, -0.2) is 22.0 Å². The van der Waals surface area contributed by atoms with Crippen LogP contribution >= 0.6 is 45.5 Å². The number of non-ortho nitro benzene ring substituents is 1. The summed E-state index contributed by atoms with van der Waals surface area (Å²) < 4.78 is 6.70. The summed E-state index contributed by atoms with van der Waals surface area (Å²) >= 11 is 9.58. The second-order valence-electron chi connectivity index (χ2n) is 8.85. The summed E-state index contributed by atoms with van der Waals surface area (Å²) in [6, 6.07) is 26.3. The van der Waals surface area contributed by atoms with E-state index in [0.717, 1.165) is 36.8 Å². The Labute approximate surface area is 263 Å². The topological polar surface area (TPSA) is 119 Å². The zero-order valence-electron chi connectivity index (χ0n) is 21.7. The number of nitrogens with zero attached hydrogens (tertiary/aromatic N) is 3. The molecule has 0 saturated heterocycles. The molecule has 0 fully saturated rings. The number of carbonyl (C=O) groups excluding carboxylic acids is 1. The number of hydrogen-bond donors (Lipinski definition) is 2. The molecule has 0 radical (unpaired) electrons. The van der Waals surface area contributed by atoms with Gasteiger partial charge in [-0.2, -0.15) is 5.10 Å². The molecule has 0 unspecified atom stereocenters. The molecular formula is C30H21ClIN5O4S. The summed E-state index contributed by atoms with van der Waals surface area (Å²) in [6.45, 7) is 0.278. The molecule has 4 aromatic carbocycles. The van der Waals surface area contributed by atoms with Crippen LogP contribution in [-0.2, 0) is 6.61 Å². The highest BCUT2D eigenvalue weighted by Crippen LogP contribution is 2.28. The predicted molar refractivity (Wildman–Crippen MR) is 174 cm³/mol. The number of rotatable bonds is 10. The van der Waals surface area contributed by atoms with Gasteiger partial charge in [0.15, 0.2) is 5.13 Å². The van der Waals surface area contributed by atoms with Crippen molar-refractivity contribution in [2.45, 2.75) is 6.61 Å². The zero-order chi connectivity index (χ0) is 29.5. The van der Waals surface area contributed by atoms with Gasteiger partial charge < -0.3 is 10.1 Å². The average molecular weight is 710 g/mol. The van der Waals surface area contributed by atoms with Crippen molar-refractivity contribution >= 4 is 74.2 Å². The molecule has 0 aliphatic heterocycles. The molecule has 1 aromatic heterocycles. The van der Waals surface area contributed by atoms with Crippen molar-refractivity contribution in [1.82, 2.24) is 10.4 Å². The highest BCUT2D eigenvalue weighted by molar-refractivity contribution is 14.1. The molecule has 1 heterocycles. The van der Waals surface area contributed by atoms with Crippen molar-refractivity contribution in [1.29, 1.82) is 0 Å². The van der Waals surface area contributed by atoms with Crippen LogP contribution in [0.4, 0.5) is 16.5 Å². The van der Waals surface area contributed by atoms with Crippen LogP contribution in [0.1, 0.15) is 21.5 Å². The number of carbonyl (C=O) groups is 1. The van der Waals surface area contributed by atoms with Crippen LogP contribution < -0.4 is 15.5 Å². The SMILES string of the molecule is O=C(N/N=C\c1ccc(OCc2ccc([N+](=O)[O-])cc2)c(I)c1)c1ccc(-c2csc(Nc3ccc(Cl)cc3)n2)cc1. The van der Waals surface area contributed by atoms with E-state index in [1.807, 2.05) is 60.0 Å². The maximum absolute atomic E-state index is 12.6. The lowest BCUT2D eigenvalue weighted by Gasteiger charge is -2.09. The van der Waals surface area contributed by atoms with E-state index >= 15 is 0 Å². The van der Waals surface area contributed by atoms with Gasteiger partial charge in [-0.1, -0.05) is 23.7 Å². The van der Waals surface area contributed by atoms with E-state index < -0.39 is 4.92 Å². The Kier molecular flexibility index (Phi) is 9.41. The first-order chi connectivity index (χ1) is 20.3. The van der Waals surface area contributed by atoms with E-state index in [4.69, 9.17) is 16.3 Å². The fraction of sp³-hybridized carbons (Fsp3) is 0.0333. The van der Waals surface area contributed by atoms with E-state index in [-0.39, 0.29) is 18.2 Å². The first-order valence-corrected chi connectivity index (χ1v) is 14.8. The van der Waals surface area contributed by atoms with E-state index in [9.17, 15) is 14.9 Å². The van der Waals surface area contributed by atoms with Gasteiger partial charge in [-0.3, -0.25) is 14.9 Å². The molecule has 0 aliphatic carbocycles. The third kappa shape index (κ3) is 7.69. The quantitative estimate of drug-likeness (QED) is 0.0656. The van der Waals surface area contributed by atoms with Gasteiger partial charge in [-0.15, -0.1) is 11.3 Å². The summed E-state index contributed by atoms with van der Waals surface area (Å²) in [6.07, 6.45) is 1.55. The monoisotopic (exact) mass is 709 g/mol. The molecule has 5 aromatic rings. The minimum atomic E-state index is -0.436. The van der Waals surface area contributed by atoms with Crippen LogP contribution in [0, 0.1) is 13.7 Å². The van der Waals surface area contributed by atoms with Gasteiger partial charge >= 0.3 is 0 Å². The maximum Gasteiger partial charge on any atom is 0.271 e. The normalized spacial score (nSPS) is 10.9. The third-order valence-electron chi connectivity index (χ3n) is 5.92. The number of thiazole rings is 1. The molecule has 0 bridgehead atoms. The van der Waals surface area contributed by atoms with Crippen molar-refractivity contribution in [2.75, 3.05) is 5.32 Å². The number of nitro groups is 1. The molecule has 0 spiro atoms. The Morgan fingerprint density at radius 2 is 1.79 bits per heavy atom. The van der Waals surface area contributed by atoms with Crippen LogP contribution in [0.5, 0.6) is 5.75 Å². The van der Waals surface area contributed by atoms with Gasteiger partial charge in [0.05, 0.1) is 20.4 Å². The summed E-state index contributed by atoms with van der Waals surface area (Å²) in [5.74, 6) is 0.335. The zero-order valence-corrected chi connectivity index (χ0v) is 25.4. The molecule has 9 nitrogen and oxygen atoms in total. The Balaban J connectivity index is 1.13. The molecule has 0 atom stereocenters. The van der Waals surface area contributed by atoms with Gasteiger partial charge in [0.1, 0.15) is 12.4 Å². The summed E-state index contributed by atoms with van der Waals surface area (Å²) in [5.41, 5.74) is 7.24. The van der Waals surface area contributed by atoms with Gasteiger partial charge in [-0.05, 0) is 100 Å². The van der Waals surface area contributed by atoms with E-state index in [0.29, 0.717) is 16.3 Å². The Morgan fingerprint density at radius 1 is 1.05 bits per heavy atom. The Morgan fingerprint density at radius 3 is 2.48 bits per heavy atom. The van der Waals surface area contributed by atoms with Crippen LogP contribution in [0.2, 0.25) is 5.02 Å². The smallest absolute Gasteiger partial charge is 0.271 e. The number of nitro benzene ring substituents is 1. The number of anilines is 2. The number of hydrazone groups is 1. The lowest BCUT2D eigenvalue weighted by molar-refractivity contribution is -0.384. The Bertz CT molecular complexity index is 1740. The summed E-state index contributed by atoms with van der Waals surface area (Å²) in [4.78, 5) is 27.6. The molecular weight excluding hydrogens is 689 g/mol. The number of benzene rings is 4. The lowest BCUT2D eigenvalue weighted by Crippen LogP contribution is -2.17. The maximum atomic E-state index is 12.6. The van der Waals surface area contributed by atoms with E-state index in [2.05, 4.69) is 43.4 Å². The molecule has 42 heavy (non-hydrogen) atoms. The van der Waals surface area contributed by atoms with Crippen molar-refractivity contribution < 1.29 is 14.5 Å². The first-order valence-electron chi connectivity index (χ1n) is 12.4. The highest BCUT2D eigenvalue weighted by atomic mass is 127. The van der Waals surface area contributed by atoms with E-state index in [1.165, 1.54) is 23.5 Å². The van der Waals surface area contributed by atoms with Gasteiger partial charge in [-0.25, -0.2) is 10.4 Å². The predicted octanol–water partition coefficient (Wildman–Crippen LogP) is 8.06. The second-order valence-corrected chi connectivity index (χ2v) is 11.3. The number of aromatic nitrogens is 1. The molecule has 1 amide bonds. The van der Waals surface area contributed by atoms with Crippen molar-refractivity contribution in [3.63, 3.8) is 0 Å². The molecule has 2 N–H and O–H groups in total.